The van der Waals surface area contributed by atoms with Crippen LogP contribution in [0.4, 0.5) is 0 Å². The Balaban J connectivity index is 2.12. The zero-order chi connectivity index (χ0) is 11.4. The van der Waals surface area contributed by atoms with Crippen LogP contribution in [0.1, 0.15) is 24.1 Å². The maximum absolute atomic E-state index is 5.51. The van der Waals surface area contributed by atoms with Crippen molar-refractivity contribution in [3.05, 3.63) is 29.3 Å². The van der Waals surface area contributed by atoms with E-state index in [1.807, 2.05) is 7.05 Å². The first-order valence-electron chi connectivity index (χ1n) is 5.98. The normalized spacial score (nSPS) is 15.6. The van der Waals surface area contributed by atoms with Gasteiger partial charge in [-0.05, 0) is 30.8 Å². The van der Waals surface area contributed by atoms with Gasteiger partial charge in [-0.3, -0.25) is 0 Å². The standard InChI is InChI=1S/C13H20N2O/c1-3-15-9-12(14-2)10-4-5-13-11(8-10)6-7-16-13/h4-5,8,12,14-15H,3,6-7,9H2,1-2H3. The molecule has 0 fully saturated rings. The van der Waals surface area contributed by atoms with E-state index in [1.54, 1.807) is 0 Å². The Bertz CT molecular complexity index is 352. The van der Waals surface area contributed by atoms with Gasteiger partial charge in [0.2, 0.25) is 0 Å². The lowest BCUT2D eigenvalue weighted by molar-refractivity contribution is 0.356. The largest absolute Gasteiger partial charge is 0.493 e. The summed E-state index contributed by atoms with van der Waals surface area (Å²) in [6.07, 6.45) is 1.04. The number of likely N-dealkylation sites (N-methyl/N-ethyl adjacent to an activating group) is 2. The Morgan fingerprint density at radius 1 is 1.44 bits per heavy atom. The van der Waals surface area contributed by atoms with Crippen LogP contribution in [0.25, 0.3) is 0 Å². The second-order valence-electron chi connectivity index (χ2n) is 4.11. The molecule has 1 aromatic rings. The van der Waals surface area contributed by atoms with Crippen LogP contribution in [-0.2, 0) is 6.42 Å². The van der Waals surface area contributed by atoms with Crippen molar-refractivity contribution in [2.45, 2.75) is 19.4 Å². The molecule has 1 aromatic carbocycles. The van der Waals surface area contributed by atoms with Gasteiger partial charge in [0, 0.05) is 19.0 Å². The first-order valence-corrected chi connectivity index (χ1v) is 5.98. The molecular weight excluding hydrogens is 200 g/mol. The van der Waals surface area contributed by atoms with Crippen molar-refractivity contribution < 1.29 is 4.74 Å². The van der Waals surface area contributed by atoms with Crippen LogP contribution in [0.3, 0.4) is 0 Å². The molecule has 0 radical (unpaired) electrons. The van der Waals surface area contributed by atoms with Crippen molar-refractivity contribution in [1.29, 1.82) is 0 Å². The third-order valence-electron chi connectivity index (χ3n) is 3.06. The summed E-state index contributed by atoms with van der Waals surface area (Å²) in [5.74, 6) is 1.06. The van der Waals surface area contributed by atoms with E-state index in [2.05, 4.69) is 35.8 Å². The quantitative estimate of drug-likeness (QED) is 0.789. The summed E-state index contributed by atoms with van der Waals surface area (Å²) in [5, 5.41) is 6.71. The highest BCUT2D eigenvalue weighted by Crippen LogP contribution is 2.27. The van der Waals surface area contributed by atoms with Gasteiger partial charge in [-0.1, -0.05) is 19.1 Å². The monoisotopic (exact) mass is 220 g/mol. The maximum atomic E-state index is 5.51. The predicted octanol–water partition coefficient (Wildman–Crippen LogP) is 1.49. The number of ether oxygens (including phenoxy) is 1. The molecule has 1 aliphatic rings. The van der Waals surface area contributed by atoms with E-state index >= 15 is 0 Å². The maximum Gasteiger partial charge on any atom is 0.122 e. The average molecular weight is 220 g/mol. The Labute approximate surface area is 97.2 Å². The fourth-order valence-corrected chi connectivity index (χ4v) is 2.10. The van der Waals surface area contributed by atoms with Crippen molar-refractivity contribution in [2.75, 3.05) is 26.7 Å². The molecule has 2 rings (SSSR count). The summed E-state index contributed by atoms with van der Waals surface area (Å²) < 4.78 is 5.51. The highest BCUT2D eigenvalue weighted by molar-refractivity contribution is 5.40. The molecule has 1 aliphatic heterocycles. The molecule has 0 amide bonds. The molecule has 3 nitrogen and oxygen atoms in total. The Hall–Kier alpha value is -1.06. The van der Waals surface area contributed by atoms with Crippen LogP contribution < -0.4 is 15.4 Å². The van der Waals surface area contributed by atoms with Crippen LogP contribution in [-0.4, -0.2) is 26.7 Å². The molecule has 0 spiro atoms. The number of hydrogen-bond donors (Lipinski definition) is 2. The average Bonchev–Trinajstić information content (AvgIpc) is 2.77. The molecule has 0 saturated heterocycles. The summed E-state index contributed by atoms with van der Waals surface area (Å²) in [6, 6.07) is 6.89. The van der Waals surface area contributed by atoms with Gasteiger partial charge in [0.15, 0.2) is 0 Å². The first kappa shape index (κ1) is 11.4. The fourth-order valence-electron chi connectivity index (χ4n) is 2.10. The van der Waals surface area contributed by atoms with E-state index in [0.717, 1.165) is 31.9 Å². The lowest BCUT2D eigenvalue weighted by Crippen LogP contribution is -2.29. The third-order valence-corrected chi connectivity index (χ3v) is 3.06. The summed E-state index contributed by atoms with van der Waals surface area (Å²) in [6.45, 7) is 4.93. The minimum atomic E-state index is 0.380. The van der Waals surface area contributed by atoms with Gasteiger partial charge in [0.25, 0.3) is 0 Å². The van der Waals surface area contributed by atoms with Gasteiger partial charge >= 0.3 is 0 Å². The molecule has 88 valence electrons. The van der Waals surface area contributed by atoms with Gasteiger partial charge in [-0.15, -0.1) is 0 Å². The van der Waals surface area contributed by atoms with Crippen LogP contribution in [0.15, 0.2) is 18.2 Å². The molecule has 0 bridgehead atoms. The highest BCUT2D eigenvalue weighted by Gasteiger charge is 2.15. The van der Waals surface area contributed by atoms with Crippen molar-refractivity contribution >= 4 is 0 Å². The van der Waals surface area contributed by atoms with E-state index in [1.165, 1.54) is 11.1 Å². The lowest BCUT2D eigenvalue weighted by Gasteiger charge is -2.17. The summed E-state index contributed by atoms with van der Waals surface area (Å²) >= 11 is 0. The molecule has 1 unspecified atom stereocenters. The number of fused-ring (bicyclic) bond motifs is 1. The first-order chi connectivity index (χ1) is 7.85. The molecule has 16 heavy (non-hydrogen) atoms. The Morgan fingerprint density at radius 3 is 3.06 bits per heavy atom. The molecule has 1 atom stereocenters. The van der Waals surface area contributed by atoms with Crippen LogP contribution in [0.2, 0.25) is 0 Å². The number of rotatable bonds is 5. The van der Waals surface area contributed by atoms with Gasteiger partial charge < -0.3 is 15.4 Å². The van der Waals surface area contributed by atoms with Crippen molar-refractivity contribution in [1.82, 2.24) is 10.6 Å². The molecule has 1 heterocycles. The summed E-state index contributed by atoms with van der Waals surface area (Å²) in [4.78, 5) is 0. The van der Waals surface area contributed by atoms with Gasteiger partial charge in [0.1, 0.15) is 5.75 Å². The Kier molecular flexibility index (Phi) is 3.80. The molecule has 0 aromatic heterocycles. The molecule has 0 aliphatic carbocycles. The second-order valence-corrected chi connectivity index (χ2v) is 4.11. The van der Waals surface area contributed by atoms with E-state index < -0.39 is 0 Å². The number of benzene rings is 1. The predicted molar refractivity (Wildman–Crippen MR) is 66.0 cm³/mol. The van der Waals surface area contributed by atoms with Crippen LogP contribution in [0.5, 0.6) is 5.75 Å². The molecule has 2 N–H and O–H groups in total. The van der Waals surface area contributed by atoms with Crippen LogP contribution in [0, 0.1) is 0 Å². The van der Waals surface area contributed by atoms with E-state index in [0.29, 0.717) is 6.04 Å². The number of hydrogen-bond acceptors (Lipinski definition) is 3. The third kappa shape index (κ3) is 2.36. The van der Waals surface area contributed by atoms with Crippen molar-refractivity contribution in [3.8, 4) is 5.75 Å². The fraction of sp³-hybridized carbons (Fsp3) is 0.538. The molecule has 0 saturated carbocycles. The van der Waals surface area contributed by atoms with Gasteiger partial charge in [-0.2, -0.15) is 0 Å². The van der Waals surface area contributed by atoms with E-state index in [-0.39, 0.29) is 0 Å². The molecular formula is C13H20N2O. The topological polar surface area (TPSA) is 33.3 Å². The van der Waals surface area contributed by atoms with E-state index in [4.69, 9.17) is 4.74 Å². The minimum absolute atomic E-state index is 0.380. The zero-order valence-corrected chi connectivity index (χ0v) is 10.0. The van der Waals surface area contributed by atoms with Crippen LogP contribution >= 0.6 is 0 Å². The molecule has 3 heteroatoms. The number of nitrogens with one attached hydrogen (secondary N) is 2. The Morgan fingerprint density at radius 2 is 2.31 bits per heavy atom. The zero-order valence-electron chi connectivity index (χ0n) is 10.0. The minimum Gasteiger partial charge on any atom is -0.493 e. The smallest absolute Gasteiger partial charge is 0.122 e. The highest BCUT2D eigenvalue weighted by atomic mass is 16.5. The van der Waals surface area contributed by atoms with Gasteiger partial charge in [0.05, 0.1) is 6.61 Å². The van der Waals surface area contributed by atoms with Gasteiger partial charge in [-0.25, -0.2) is 0 Å². The SMILES string of the molecule is CCNCC(NC)c1ccc2c(c1)CCO2. The second kappa shape index (κ2) is 5.32. The van der Waals surface area contributed by atoms with E-state index in [9.17, 15) is 0 Å². The van der Waals surface area contributed by atoms with Crippen molar-refractivity contribution in [3.63, 3.8) is 0 Å². The lowest BCUT2D eigenvalue weighted by atomic mass is 10.0. The van der Waals surface area contributed by atoms with Crippen molar-refractivity contribution in [2.24, 2.45) is 0 Å². The summed E-state index contributed by atoms with van der Waals surface area (Å²) in [7, 11) is 2.01. The summed E-state index contributed by atoms with van der Waals surface area (Å²) in [5.41, 5.74) is 2.68.